The van der Waals surface area contributed by atoms with E-state index in [0.717, 1.165) is 18.9 Å². The summed E-state index contributed by atoms with van der Waals surface area (Å²) in [5.74, 6) is 1.38. The summed E-state index contributed by atoms with van der Waals surface area (Å²) in [6, 6.07) is 6.17. The molecule has 1 aliphatic rings. The lowest BCUT2D eigenvalue weighted by Crippen LogP contribution is -2.29. The second kappa shape index (κ2) is 5.89. The molecule has 1 atom stereocenters. The number of nitrogens with zero attached hydrogens (tertiary/aromatic N) is 3. The van der Waals surface area contributed by atoms with Gasteiger partial charge < -0.3 is 16.0 Å². The zero-order valence-corrected chi connectivity index (χ0v) is 11.6. The zero-order chi connectivity index (χ0) is 13.8. The third-order valence-corrected chi connectivity index (χ3v) is 3.65. The number of nitrogens with two attached hydrogens (primary N) is 1. The van der Waals surface area contributed by atoms with Crippen molar-refractivity contribution in [3.05, 3.63) is 17.8 Å². The van der Waals surface area contributed by atoms with Crippen LogP contribution in [0.1, 0.15) is 26.0 Å². The molecule has 5 nitrogen and oxygen atoms in total. The van der Waals surface area contributed by atoms with E-state index >= 15 is 0 Å². The minimum atomic E-state index is 0.292. The van der Waals surface area contributed by atoms with Crippen LogP contribution >= 0.6 is 0 Å². The minimum Gasteiger partial charge on any atom is -0.396 e. The van der Waals surface area contributed by atoms with Gasteiger partial charge in [-0.2, -0.15) is 5.26 Å². The first-order valence-corrected chi connectivity index (χ1v) is 6.74. The summed E-state index contributed by atoms with van der Waals surface area (Å²) in [6.07, 6.45) is 1.21. The van der Waals surface area contributed by atoms with Gasteiger partial charge in [0.1, 0.15) is 11.9 Å². The fourth-order valence-electron chi connectivity index (χ4n) is 2.41. The van der Waals surface area contributed by atoms with Gasteiger partial charge in [-0.1, -0.05) is 0 Å². The molecule has 2 rings (SSSR count). The highest BCUT2D eigenvalue weighted by Crippen LogP contribution is 2.19. The molecule has 5 heteroatoms. The lowest BCUT2D eigenvalue weighted by Gasteiger charge is -2.20. The summed E-state index contributed by atoms with van der Waals surface area (Å²) in [5, 5.41) is 12.2. The fraction of sp³-hybridized carbons (Fsp3) is 0.571. The number of rotatable bonds is 4. The maximum atomic E-state index is 8.89. The van der Waals surface area contributed by atoms with Crippen LogP contribution in [-0.2, 0) is 0 Å². The summed E-state index contributed by atoms with van der Waals surface area (Å²) in [6.45, 7) is 7.66. The normalized spacial score (nSPS) is 19.6. The largest absolute Gasteiger partial charge is 0.396 e. The van der Waals surface area contributed by atoms with Crippen LogP contribution in [0.3, 0.4) is 0 Å². The van der Waals surface area contributed by atoms with Crippen molar-refractivity contribution in [2.75, 3.05) is 30.7 Å². The number of hydrogen-bond donors (Lipinski definition) is 2. The maximum Gasteiger partial charge on any atom is 0.165 e. The number of nitrogen functional groups attached to an aromatic ring is 1. The van der Waals surface area contributed by atoms with Gasteiger partial charge in [0.25, 0.3) is 0 Å². The van der Waals surface area contributed by atoms with Crippen molar-refractivity contribution in [3.63, 3.8) is 0 Å². The molecule has 0 aromatic carbocycles. The predicted molar refractivity (Wildman–Crippen MR) is 76.7 cm³/mol. The first-order chi connectivity index (χ1) is 9.10. The second-order valence-corrected chi connectivity index (χ2v) is 5.37. The smallest absolute Gasteiger partial charge is 0.165 e. The summed E-state index contributed by atoms with van der Waals surface area (Å²) < 4.78 is 0. The number of anilines is 2. The quantitative estimate of drug-likeness (QED) is 0.860. The van der Waals surface area contributed by atoms with Crippen LogP contribution in [0.4, 0.5) is 11.5 Å². The Balaban J connectivity index is 1.88. The first-order valence-electron chi connectivity index (χ1n) is 6.74. The summed E-state index contributed by atoms with van der Waals surface area (Å²) in [5.41, 5.74) is 6.37. The number of aromatic nitrogens is 1. The molecule has 0 aliphatic carbocycles. The average molecular weight is 259 g/mol. The van der Waals surface area contributed by atoms with E-state index < -0.39 is 0 Å². The molecule has 0 bridgehead atoms. The van der Waals surface area contributed by atoms with Gasteiger partial charge in [-0.15, -0.1) is 0 Å². The number of likely N-dealkylation sites (tertiary alicyclic amines) is 1. The van der Waals surface area contributed by atoms with Crippen molar-refractivity contribution < 1.29 is 0 Å². The van der Waals surface area contributed by atoms with Crippen molar-refractivity contribution >= 4 is 11.5 Å². The van der Waals surface area contributed by atoms with E-state index in [1.54, 1.807) is 6.07 Å². The zero-order valence-electron chi connectivity index (χ0n) is 11.6. The molecular weight excluding hydrogens is 238 g/mol. The number of nitrogens with one attached hydrogen (secondary N) is 1. The van der Waals surface area contributed by atoms with E-state index in [-0.39, 0.29) is 0 Å². The highest BCUT2D eigenvalue weighted by molar-refractivity contribution is 5.54. The lowest BCUT2D eigenvalue weighted by molar-refractivity contribution is 0.266. The third kappa shape index (κ3) is 3.36. The molecule has 1 fully saturated rings. The Labute approximate surface area is 114 Å². The summed E-state index contributed by atoms with van der Waals surface area (Å²) in [4.78, 5) is 6.68. The maximum absolute atomic E-state index is 8.89. The van der Waals surface area contributed by atoms with Crippen molar-refractivity contribution in [1.82, 2.24) is 9.88 Å². The molecule has 3 N–H and O–H groups in total. The third-order valence-electron chi connectivity index (χ3n) is 3.65. The molecule has 1 unspecified atom stereocenters. The fourth-order valence-corrected chi connectivity index (χ4v) is 2.41. The van der Waals surface area contributed by atoms with Crippen LogP contribution in [0.25, 0.3) is 0 Å². The van der Waals surface area contributed by atoms with Gasteiger partial charge in [-0.25, -0.2) is 4.98 Å². The molecule has 0 spiro atoms. The van der Waals surface area contributed by atoms with Crippen LogP contribution in [0.15, 0.2) is 12.1 Å². The molecule has 1 aliphatic heterocycles. The van der Waals surface area contributed by atoms with Crippen LogP contribution < -0.4 is 11.1 Å². The monoisotopic (exact) mass is 259 g/mol. The van der Waals surface area contributed by atoms with E-state index in [1.165, 1.54) is 13.0 Å². The van der Waals surface area contributed by atoms with Gasteiger partial charge in [0.15, 0.2) is 5.69 Å². The molecule has 1 aromatic rings. The van der Waals surface area contributed by atoms with E-state index in [2.05, 4.69) is 29.0 Å². The van der Waals surface area contributed by atoms with Gasteiger partial charge in [0.2, 0.25) is 0 Å². The molecule has 1 aromatic heterocycles. The molecular formula is C14H21N5. The van der Waals surface area contributed by atoms with Gasteiger partial charge in [-0.05, 0) is 44.9 Å². The molecule has 102 valence electrons. The van der Waals surface area contributed by atoms with Gasteiger partial charge in [0, 0.05) is 19.1 Å². The van der Waals surface area contributed by atoms with E-state index in [4.69, 9.17) is 11.0 Å². The van der Waals surface area contributed by atoms with Gasteiger partial charge in [-0.3, -0.25) is 0 Å². The number of pyridine rings is 1. The molecule has 0 amide bonds. The average Bonchev–Trinajstić information content (AvgIpc) is 2.87. The van der Waals surface area contributed by atoms with Gasteiger partial charge >= 0.3 is 0 Å². The van der Waals surface area contributed by atoms with Crippen molar-refractivity contribution in [2.24, 2.45) is 5.92 Å². The van der Waals surface area contributed by atoms with Crippen LogP contribution in [0, 0.1) is 17.2 Å². The van der Waals surface area contributed by atoms with Crippen LogP contribution in [-0.4, -0.2) is 35.6 Å². The molecule has 1 saturated heterocycles. The van der Waals surface area contributed by atoms with Crippen molar-refractivity contribution in [2.45, 2.75) is 26.3 Å². The SMILES string of the molecule is CC(C)N1CCC(CNc2ccc(N)c(C#N)n2)C1. The standard InChI is InChI=1S/C14H21N5/c1-10(2)19-6-5-11(9-19)8-17-14-4-3-12(16)13(7-15)18-14/h3-4,10-11H,5-6,8-9,16H2,1-2H3,(H,17,18). The van der Waals surface area contributed by atoms with Gasteiger partial charge in [0.05, 0.1) is 5.69 Å². The number of nitriles is 1. The van der Waals surface area contributed by atoms with Crippen LogP contribution in [0.5, 0.6) is 0 Å². The minimum absolute atomic E-state index is 0.292. The molecule has 19 heavy (non-hydrogen) atoms. The Morgan fingerprint density at radius 1 is 1.58 bits per heavy atom. The summed E-state index contributed by atoms with van der Waals surface area (Å²) >= 11 is 0. The first kappa shape index (κ1) is 13.6. The Morgan fingerprint density at radius 2 is 2.37 bits per heavy atom. The van der Waals surface area contributed by atoms with Crippen LogP contribution in [0.2, 0.25) is 0 Å². The molecule has 2 heterocycles. The highest BCUT2D eigenvalue weighted by atomic mass is 15.2. The van der Waals surface area contributed by atoms with E-state index in [0.29, 0.717) is 23.3 Å². The predicted octanol–water partition coefficient (Wildman–Crippen LogP) is 1.68. The Bertz CT molecular complexity index is 477. The lowest BCUT2D eigenvalue weighted by atomic mass is 10.1. The van der Waals surface area contributed by atoms with Crippen molar-refractivity contribution in [3.8, 4) is 6.07 Å². The Hall–Kier alpha value is -1.80. The summed E-state index contributed by atoms with van der Waals surface area (Å²) in [7, 11) is 0. The second-order valence-electron chi connectivity index (χ2n) is 5.37. The molecule has 0 radical (unpaired) electrons. The topological polar surface area (TPSA) is 78.0 Å². The Kier molecular flexibility index (Phi) is 4.23. The highest BCUT2D eigenvalue weighted by Gasteiger charge is 2.23. The van der Waals surface area contributed by atoms with Crippen molar-refractivity contribution in [1.29, 1.82) is 5.26 Å². The van der Waals surface area contributed by atoms with E-state index in [9.17, 15) is 0 Å². The number of hydrogen-bond acceptors (Lipinski definition) is 5. The molecule has 0 saturated carbocycles. The Morgan fingerprint density at radius 3 is 3.00 bits per heavy atom. The van der Waals surface area contributed by atoms with E-state index in [1.807, 2.05) is 12.1 Å².